The molecule has 0 spiro atoms. The fourth-order valence-electron chi connectivity index (χ4n) is 3.15. The van der Waals surface area contributed by atoms with E-state index in [0.717, 1.165) is 27.7 Å². The number of rotatable bonds is 5. The standard InChI is InChI=1S/C19H21N3O3/c1-3-11-20-16(23)12-22-17(24)19(2,21-18(22)25)15-10-6-8-13-7-4-5-9-14(13)15/h4-10H,3,11-12H2,1-2H3,(H,20,23)(H,21,25)/t19-/m0/s1. The molecule has 1 aliphatic heterocycles. The lowest BCUT2D eigenvalue weighted by atomic mass is 9.88. The third-order valence-electron chi connectivity index (χ3n) is 4.48. The first-order chi connectivity index (χ1) is 12.0. The van der Waals surface area contributed by atoms with Crippen LogP contribution in [0, 0.1) is 0 Å². The Morgan fingerprint density at radius 2 is 1.88 bits per heavy atom. The zero-order valence-corrected chi connectivity index (χ0v) is 14.3. The van der Waals surface area contributed by atoms with E-state index in [0.29, 0.717) is 6.54 Å². The highest BCUT2D eigenvalue weighted by molar-refractivity contribution is 6.10. The molecule has 4 amide bonds. The molecule has 1 aliphatic rings. The van der Waals surface area contributed by atoms with Gasteiger partial charge in [0.25, 0.3) is 5.91 Å². The van der Waals surface area contributed by atoms with Gasteiger partial charge in [0.1, 0.15) is 12.1 Å². The molecule has 1 heterocycles. The monoisotopic (exact) mass is 339 g/mol. The quantitative estimate of drug-likeness (QED) is 0.819. The Labute approximate surface area is 146 Å². The summed E-state index contributed by atoms with van der Waals surface area (Å²) in [6.45, 7) is 3.86. The molecule has 0 radical (unpaired) electrons. The Bertz CT molecular complexity index is 843. The van der Waals surface area contributed by atoms with Gasteiger partial charge < -0.3 is 10.6 Å². The number of amides is 4. The van der Waals surface area contributed by atoms with Gasteiger partial charge in [-0.05, 0) is 29.7 Å². The molecular formula is C19H21N3O3. The van der Waals surface area contributed by atoms with Gasteiger partial charge in [0.15, 0.2) is 0 Å². The minimum Gasteiger partial charge on any atom is -0.355 e. The number of nitrogens with zero attached hydrogens (tertiary/aromatic N) is 1. The molecule has 0 bridgehead atoms. The molecule has 6 nitrogen and oxygen atoms in total. The number of imide groups is 1. The Kier molecular flexibility index (Phi) is 4.44. The average Bonchev–Trinajstić information content (AvgIpc) is 2.83. The van der Waals surface area contributed by atoms with E-state index in [1.807, 2.05) is 49.4 Å². The highest BCUT2D eigenvalue weighted by Gasteiger charge is 2.50. The zero-order chi connectivity index (χ0) is 18.0. The van der Waals surface area contributed by atoms with Gasteiger partial charge >= 0.3 is 6.03 Å². The molecule has 3 rings (SSSR count). The van der Waals surface area contributed by atoms with Crippen LogP contribution in [0.25, 0.3) is 10.8 Å². The first-order valence-corrected chi connectivity index (χ1v) is 8.36. The molecule has 2 aromatic carbocycles. The van der Waals surface area contributed by atoms with Crippen molar-refractivity contribution in [3.8, 4) is 0 Å². The van der Waals surface area contributed by atoms with Crippen molar-refractivity contribution in [2.24, 2.45) is 0 Å². The number of urea groups is 1. The Morgan fingerprint density at radius 1 is 1.16 bits per heavy atom. The molecular weight excluding hydrogens is 318 g/mol. The lowest BCUT2D eigenvalue weighted by Crippen LogP contribution is -2.43. The smallest absolute Gasteiger partial charge is 0.325 e. The van der Waals surface area contributed by atoms with Crippen LogP contribution in [0.4, 0.5) is 4.79 Å². The SMILES string of the molecule is CCCNC(=O)CN1C(=O)N[C@@](C)(c2cccc3ccccc23)C1=O. The Balaban J connectivity index is 1.93. The number of carbonyl (C=O) groups excluding carboxylic acids is 3. The molecule has 2 aromatic rings. The van der Waals surface area contributed by atoms with E-state index in [9.17, 15) is 14.4 Å². The zero-order valence-electron chi connectivity index (χ0n) is 14.3. The fraction of sp³-hybridized carbons (Fsp3) is 0.316. The number of benzene rings is 2. The molecule has 130 valence electrons. The Morgan fingerprint density at radius 3 is 2.64 bits per heavy atom. The van der Waals surface area contributed by atoms with Crippen molar-refractivity contribution in [2.45, 2.75) is 25.8 Å². The normalized spacial score (nSPS) is 20.0. The van der Waals surface area contributed by atoms with Crippen LogP contribution < -0.4 is 10.6 Å². The van der Waals surface area contributed by atoms with Crippen molar-refractivity contribution in [1.82, 2.24) is 15.5 Å². The van der Waals surface area contributed by atoms with Gasteiger partial charge in [-0.2, -0.15) is 0 Å². The molecule has 0 aromatic heterocycles. The van der Waals surface area contributed by atoms with Crippen molar-refractivity contribution in [2.75, 3.05) is 13.1 Å². The van der Waals surface area contributed by atoms with Crippen LogP contribution in [-0.4, -0.2) is 35.8 Å². The molecule has 1 fully saturated rings. The summed E-state index contributed by atoms with van der Waals surface area (Å²) in [5.41, 5.74) is -0.469. The van der Waals surface area contributed by atoms with E-state index in [2.05, 4.69) is 10.6 Å². The van der Waals surface area contributed by atoms with Crippen LogP contribution in [0.2, 0.25) is 0 Å². The third kappa shape index (κ3) is 2.95. The van der Waals surface area contributed by atoms with Crippen LogP contribution in [-0.2, 0) is 15.1 Å². The van der Waals surface area contributed by atoms with E-state index in [-0.39, 0.29) is 12.5 Å². The number of fused-ring (bicyclic) bond motifs is 1. The highest BCUT2D eigenvalue weighted by Crippen LogP contribution is 2.33. The minimum absolute atomic E-state index is 0.273. The maximum atomic E-state index is 13.0. The summed E-state index contributed by atoms with van der Waals surface area (Å²) >= 11 is 0. The van der Waals surface area contributed by atoms with Gasteiger partial charge in [-0.15, -0.1) is 0 Å². The second-order valence-electron chi connectivity index (χ2n) is 6.32. The van der Waals surface area contributed by atoms with Crippen LogP contribution in [0.3, 0.4) is 0 Å². The van der Waals surface area contributed by atoms with Gasteiger partial charge in [0.2, 0.25) is 5.91 Å². The summed E-state index contributed by atoms with van der Waals surface area (Å²) in [4.78, 5) is 38.2. The van der Waals surface area contributed by atoms with Crippen molar-refractivity contribution < 1.29 is 14.4 Å². The Hall–Kier alpha value is -2.89. The second kappa shape index (κ2) is 6.55. The van der Waals surface area contributed by atoms with Crippen LogP contribution >= 0.6 is 0 Å². The minimum atomic E-state index is -1.19. The number of nitrogens with one attached hydrogen (secondary N) is 2. The van der Waals surface area contributed by atoms with Gasteiger partial charge in [-0.1, -0.05) is 49.4 Å². The maximum absolute atomic E-state index is 13.0. The largest absolute Gasteiger partial charge is 0.355 e. The lowest BCUT2D eigenvalue weighted by Gasteiger charge is -2.24. The van der Waals surface area contributed by atoms with Crippen molar-refractivity contribution >= 4 is 28.6 Å². The fourth-order valence-corrected chi connectivity index (χ4v) is 3.15. The van der Waals surface area contributed by atoms with Crippen molar-refractivity contribution in [1.29, 1.82) is 0 Å². The predicted molar refractivity (Wildman–Crippen MR) is 94.8 cm³/mol. The molecule has 25 heavy (non-hydrogen) atoms. The van der Waals surface area contributed by atoms with Crippen LogP contribution in [0.15, 0.2) is 42.5 Å². The summed E-state index contributed by atoms with van der Waals surface area (Å²) in [6, 6.07) is 12.8. The molecule has 1 atom stereocenters. The van der Waals surface area contributed by atoms with Crippen molar-refractivity contribution in [3.63, 3.8) is 0 Å². The molecule has 0 saturated carbocycles. The van der Waals surface area contributed by atoms with Gasteiger partial charge in [-0.3, -0.25) is 14.5 Å². The summed E-state index contributed by atoms with van der Waals surface area (Å²) in [6.07, 6.45) is 0.791. The summed E-state index contributed by atoms with van der Waals surface area (Å²) in [7, 11) is 0. The second-order valence-corrected chi connectivity index (χ2v) is 6.32. The van der Waals surface area contributed by atoms with Gasteiger partial charge in [0.05, 0.1) is 0 Å². The molecule has 0 unspecified atom stereocenters. The first kappa shape index (κ1) is 17.0. The summed E-state index contributed by atoms with van der Waals surface area (Å²) in [5.74, 6) is -0.756. The van der Waals surface area contributed by atoms with E-state index >= 15 is 0 Å². The first-order valence-electron chi connectivity index (χ1n) is 8.36. The third-order valence-corrected chi connectivity index (χ3v) is 4.48. The summed E-state index contributed by atoms with van der Waals surface area (Å²) in [5, 5.41) is 7.33. The number of hydrogen-bond donors (Lipinski definition) is 2. The highest BCUT2D eigenvalue weighted by atomic mass is 16.2. The number of carbonyl (C=O) groups is 3. The summed E-state index contributed by atoms with van der Waals surface area (Å²) < 4.78 is 0. The molecule has 2 N–H and O–H groups in total. The van der Waals surface area contributed by atoms with Crippen LogP contribution in [0.5, 0.6) is 0 Å². The predicted octanol–water partition coefficient (Wildman–Crippen LogP) is 2.13. The number of hydrogen-bond acceptors (Lipinski definition) is 3. The molecule has 1 saturated heterocycles. The average molecular weight is 339 g/mol. The van der Waals surface area contributed by atoms with Gasteiger partial charge in [-0.25, -0.2) is 4.79 Å². The molecule has 0 aliphatic carbocycles. The van der Waals surface area contributed by atoms with E-state index in [1.165, 1.54) is 0 Å². The van der Waals surface area contributed by atoms with Crippen molar-refractivity contribution in [3.05, 3.63) is 48.0 Å². The van der Waals surface area contributed by atoms with Crippen LogP contribution in [0.1, 0.15) is 25.8 Å². The van der Waals surface area contributed by atoms with Gasteiger partial charge in [0, 0.05) is 6.54 Å². The van der Waals surface area contributed by atoms with E-state index in [4.69, 9.17) is 0 Å². The lowest BCUT2D eigenvalue weighted by molar-refractivity contribution is -0.134. The molecule has 6 heteroatoms. The topological polar surface area (TPSA) is 78.5 Å². The van der Waals surface area contributed by atoms with E-state index < -0.39 is 17.5 Å². The van der Waals surface area contributed by atoms with E-state index in [1.54, 1.807) is 6.92 Å². The maximum Gasteiger partial charge on any atom is 0.325 e.